The van der Waals surface area contributed by atoms with E-state index < -0.39 is 9.84 Å². The van der Waals surface area contributed by atoms with Crippen molar-refractivity contribution in [2.45, 2.75) is 31.8 Å². The largest absolute Gasteiger partial charge is 0.357 e. The number of rotatable bonds is 7. The summed E-state index contributed by atoms with van der Waals surface area (Å²) in [5.41, 5.74) is 4.83. The fraction of sp³-hybridized carbons (Fsp3) is 0.250. The van der Waals surface area contributed by atoms with Gasteiger partial charge in [0, 0.05) is 31.1 Å². The molecule has 0 bridgehead atoms. The van der Waals surface area contributed by atoms with Gasteiger partial charge in [-0.25, -0.2) is 13.4 Å². The second-order valence-corrected chi connectivity index (χ2v) is 9.32. The number of guanidine groups is 1. The zero-order valence-corrected chi connectivity index (χ0v) is 21.6. The lowest BCUT2D eigenvalue weighted by Gasteiger charge is -2.13. The number of benzene rings is 2. The first-order valence-corrected chi connectivity index (χ1v) is 12.1. The Kier molecular flexibility index (Phi) is 9.64. The Bertz CT molecular complexity index is 1170. The molecule has 3 aromatic rings. The summed E-state index contributed by atoms with van der Waals surface area (Å²) in [6.45, 7) is 5.65. The maximum Gasteiger partial charge on any atom is 0.191 e. The van der Waals surface area contributed by atoms with Crippen LogP contribution >= 0.6 is 24.0 Å². The van der Waals surface area contributed by atoms with Crippen molar-refractivity contribution >= 4 is 39.8 Å². The molecule has 0 aliphatic heterocycles. The van der Waals surface area contributed by atoms with Gasteiger partial charge >= 0.3 is 0 Å². The number of halogens is 1. The van der Waals surface area contributed by atoms with Gasteiger partial charge in [-0.1, -0.05) is 36.4 Å². The highest BCUT2D eigenvalue weighted by Gasteiger charge is 2.11. The van der Waals surface area contributed by atoms with Crippen LogP contribution in [0.25, 0.3) is 11.3 Å². The standard InChI is InChI=1S/C24H28N4O2S.HI/c1-4-25-24(28-17-20-11-12-23(18(2)14-20)31(3,29)30)27-16-19-8-7-9-21(15-19)22-10-5-6-13-26-22;/h5-15H,4,16-17H2,1-3H3,(H2,25,27,28);1H. The van der Waals surface area contributed by atoms with Gasteiger partial charge in [0.05, 0.1) is 17.1 Å². The molecule has 0 atom stereocenters. The molecule has 170 valence electrons. The number of aryl methyl sites for hydroxylation is 1. The van der Waals surface area contributed by atoms with Crippen LogP contribution in [-0.2, 0) is 22.9 Å². The van der Waals surface area contributed by atoms with Crippen molar-refractivity contribution < 1.29 is 8.42 Å². The summed E-state index contributed by atoms with van der Waals surface area (Å²) in [5, 5.41) is 6.57. The summed E-state index contributed by atoms with van der Waals surface area (Å²) in [4.78, 5) is 9.46. The third-order valence-corrected chi connectivity index (χ3v) is 6.01. The van der Waals surface area contributed by atoms with Crippen molar-refractivity contribution in [1.82, 2.24) is 15.6 Å². The minimum absolute atomic E-state index is 0. The van der Waals surface area contributed by atoms with Gasteiger partial charge in [0.15, 0.2) is 15.8 Å². The quantitative estimate of drug-likeness (QED) is 0.254. The average Bonchev–Trinajstić information content (AvgIpc) is 2.75. The lowest BCUT2D eigenvalue weighted by atomic mass is 10.1. The number of nitrogens with one attached hydrogen (secondary N) is 2. The Labute approximate surface area is 207 Å². The maximum atomic E-state index is 11.8. The van der Waals surface area contributed by atoms with Gasteiger partial charge in [-0.3, -0.25) is 4.98 Å². The Morgan fingerprint density at radius 1 is 1.00 bits per heavy atom. The van der Waals surface area contributed by atoms with Crippen LogP contribution in [0.4, 0.5) is 0 Å². The topological polar surface area (TPSA) is 83.4 Å². The van der Waals surface area contributed by atoms with Crippen LogP contribution in [-0.4, -0.2) is 32.2 Å². The number of nitrogens with zero attached hydrogens (tertiary/aromatic N) is 2. The van der Waals surface area contributed by atoms with E-state index in [1.54, 1.807) is 12.3 Å². The molecule has 3 rings (SSSR count). The predicted octanol–water partition coefficient (Wildman–Crippen LogP) is 4.33. The second kappa shape index (κ2) is 12.0. The first kappa shape index (κ1) is 25.8. The highest BCUT2D eigenvalue weighted by Crippen LogP contribution is 2.18. The summed E-state index contributed by atoms with van der Waals surface area (Å²) in [7, 11) is -3.21. The van der Waals surface area contributed by atoms with Crippen molar-refractivity contribution in [2.75, 3.05) is 12.8 Å². The molecule has 0 radical (unpaired) electrons. The van der Waals surface area contributed by atoms with E-state index in [9.17, 15) is 8.42 Å². The SMILES string of the molecule is CCNC(=NCc1cccc(-c2ccccn2)c1)NCc1ccc(S(C)(=O)=O)c(C)c1.I. The molecule has 1 heterocycles. The molecule has 8 heteroatoms. The van der Waals surface area contributed by atoms with Crippen LogP contribution in [0.3, 0.4) is 0 Å². The molecule has 0 unspecified atom stereocenters. The van der Waals surface area contributed by atoms with Crippen molar-refractivity contribution in [3.05, 3.63) is 83.6 Å². The van der Waals surface area contributed by atoms with Crippen LogP contribution < -0.4 is 10.6 Å². The molecule has 0 spiro atoms. The van der Waals surface area contributed by atoms with Crippen LogP contribution in [0.2, 0.25) is 0 Å². The molecule has 2 aromatic carbocycles. The number of sulfone groups is 1. The molecular weight excluding hydrogens is 535 g/mol. The highest BCUT2D eigenvalue weighted by atomic mass is 127. The number of hydrogen-bond acceptors (Lipinski definition) is 4. The van der Waals surface area contributed by atoms with E-state index in [0.29, 0.717) is 23.9 Å². The van der Waals surface area contributed by atoms with E-state index in [1.165, 1.54) is 6.26 Å². The smallest absolute Gasteiger partial charge is 0.191 e. The lowest BCUT2D eigenvalue weighted by Crippen LogP contribution is -2.36. The Morgan fingerprint density at radius 2 is 1.81 bits per heavy atom. The molecule has 32 heavy (non-hydrogen) atoms. The maximum absolute atomic E-state index is 11.8. The summed E-state index contributed by atoms with van der Waals surface area (Å²) < 4.78 is 23.6. The molecule has 0 aliphatic carbocycles. The van der Waals surface area contributed by atoms with Crippen LogP contribution in [0.5, 0.6) is 0 Å². The first-order chi connectivity index (χ1) is 14.9. The third-order valence-electron chi connectivity index (χ3n) is 4.75. The van der Waals surface area contributed by atoms with Crippen molar-refractivity contribution in [3.8, 4) is 11.3 Å². The first-order valence-electron chi connectivity index (χ1n) is 10.2. The number of aromatic nitrogens is 1. The average molecular weight is 564 g/mol. The second-order valence-electron chi connectivity index (χ2n) is 7.34. The number of aliphatic imine (C=N–C) groups is 1. The van der Waals surface area contributed by atoms with Gasteiger partial charge in [0.1, 0.15) is 0 Å². The highest BCUT2D eigenvalue weighted by molar-refractivity contribution is 14.0. The van der Waals surface area contributed by atoms with E-state index in [-0.39, 0.29) is 24.0 Å². The molecule has 6 nitrogen and oxygen atoms in total. The van der Waals surface area contributed by atoms with Gasteiger partial charge in [0.2, 0.25) is 0 Å². The van der Waals surface area contributed by atoms with Gasteiger partial charge < -0.3 is 10.6 Å². The molecule has 0 aliphatic rings. The molecule has 0 fully saturated rings. The van der Waals surface area contributed by atoms with Crippen molar-refractivity contribution in [1.29, 1.82) is 0 Å². The zero-order chi connectivity index (χ0) is 22.3. The van der Waals surface area contributed by atoms with Gasteiger partial charge in [-0.15, -0.1) is 24.0 Å². The van der Waals surface area contributed by atoms with Crippen molar-refractivity contribution in [2.24, 2.45) is 4.99 Å². The van der Waals surface area contributed by atoms with Crippen LogP contribution in [0, 0.1) is 6.92 Å². The molecule has 2 N–H and O–H groups in total. The monoisotopic (exact) mass is 564 g/mol. The third kappa shape index (κ3) is 7.30. The van der Waals surface area contributed by atoms with Crippen LogP contribution in [0.1, 0.15) is 23.6 Å². The summed E-state index contributed by atoms with van der Waals surface area (Å²) in [5.74, 6) is 0.704. The van der Waals surface area contributed by atoms with Gasteiger partial charge in [-0.2, -0.15) is 0 Å². The normalized spacial score (nSPS) is 11.5. The molecule has 1 aromatic heterocycles. The fourth-order valence-corrected chi connectivity index (χ4v) is 4.26. The van der Waals surface area contributed by atoms with Crippen molar-refractivity contribution in [3.63, 3.8) is 0 Å². The molecular formula is C24H29IN4O2S. The molecule has 0 amide bonds. The van der Waals surface area contributed by atoms with E-state index >= 15 is 0 Å². The molecule has 0 saturated heterocycles. The lowest BCUT2D eigenvalue weighted by molar-refractivity contribution is 0.601. The van der Waals surface area contributed by atoms with E-state index in [1.807, 2.05) is 62.4 Å². The van der Waals surface area contributed by atoms with E-state index in [4.69, 9.17) is 4.99 Å². The zero-order valence-electron chi connectivity index (χ0n) is 18.5. The number of hydrogen-bond donors (Lipinski definition) is 2. The number of pyridine rings is 1. The molecule has 0 saturated carbocycles. The van der Waals surface area contributed by atoms with Gasteiger partial charge in [-0.05, 0) is 54.8 Å². The minimum atomic E-state index is -3.21. The summed E-state index contributed by atoms with van der Waals surface area (Å²) in [6.07, 6.45) is 3.02. The Morgan fingerprint density at radius 3 is 2.47 bits per heavy atom. The van der Waals surface area contributed by atoms with Gasteiger partial charge in [0.25, 0.3) is 0 Å². The predicted molar refractivity (Wildman–Crippen MR) is 141 cm³/mol. The summed E-state index contributed by atoms with van der Waals surface area (Å²) >= 11 is 0. The Hall–Kier alpha value is -2.46. The van der Waals surface area contributed by atoms with E-state index in [0.717, 1.165) is 34.5 Å². The summed E-state index contributed by atoms with van der Waals surface area (Å²) in [6, 6.07) is 19.5. The minimum Gasteiger partial charge on any atom is -0.357 e. The van der Waals surface area contributed by atoms with E-state index in [2.05, 4.69) is 21.7 Å². The Balaban J connectivity index is 0.00000363. The fourth-order valence-electron chi connectivity index (χ4n) is 3.30. The van der Waals surface area contributed by atoms with Crippen LogP contribution in [0.15, 0.2) is 76.7 Å².